The maximum Gasteiger partial charge on any atom is 0.352 e. The summed E-state index contributed by atoms with van der Waals surface area (Å²) in [4.78, 5) is 46.5. The Morgan fingerprint density at radius 3 is 2.41 bits per heavy atom. The molecule has 2 fully saturated rings. The van der Waals surface area contributed by atoms with E-state index in [9.17, 15) is 24.8 Å². The van der Waals surface area contributed by atoms with Gasteiger partial charge >= 0.3 is 12.0 Å². The van der Waals surface area contributed by atoms with Crippen molar-refractivity contribution in [1.29, 1.82) is 5.26 Å². The topological polar surface area (TPSA) is 121 Å². The van der Waals surface area contributed by atoms with Gasteiger partial charge in [-0.15, -0.1) is 0 Å². The molecular weight excluding hydrogens is 517 g/mol. The van der Waals surface area contributed by atoms with E-state index < -0.39 is 29.4 Å². The first-order valence-corrected chi connectivity index (χ1v) is 12.1. The summed E-state index contributed by atoms with van der Waals surface area (Å²) in [6.07, 6.45) is 0. The van der Waals surface area contributed by atoms with E-state index in [1.807, 2.05) is 4.90 Å². The molecule has 2 N–H and O–H groups in total. The molecular formula is C26H21Cl2N5O4. The number of carboxylic acids is 1. The second kappa shape index (κ2) is 9.23. The highest BCUT2D eigenvalue weighted by atomic mass is 35.5. The van der Waals surface area contributed by atoms with E-state index in [0.29, 0.717) is 34.4 Å². The molecule has 2 saturated heterocycles. The van der Waals surface area contributed by atoms with Gasteiger partial charge in [0.15, 0.2) is 0 Å². The first-order valence-electron chi connectivity index (χ1n) is 11.4. The van der Waals surface area contributed by atoms with Crippen molar-refractivity contribution < 1.29 is 19.5 Å². The van der Waals surface area contributed by atoms with Crippen molar-refractivity contribution in [2.24, 2.45) is 0 Å². The molecule has 3 amide bonds. The van der Waals surface area contributed by atoms with Crippen molar-refractivity contribution in [2.45, 2.75) is 18.0 Å². The van der Waals surface area contributed by atoms with Crippen molar-refractivity contribution in [3.63, 3.8) is 0 Å². The molecule has 2 aliphatic rings. The highest BCUT2D eigenvalue weighted by molar-refractivity contribution is 6.35. The van der Waals surface area contributed by atoms with Crippen LogP contribution in [0.5, 0.6) is 0 Å². The number of imide groups is 1. The molecule has 5 rings (SSSR count). The maximum atomic E-state index is 14.2. The second-order valence-corrected chi connectivity index (χ2v) is 10.1. The van der Waals surface area contributed by atoms with Crippen LogP contribution in [0.2, 0.25) is 10.0 Å². The summed E-state index contributed by atoms with van der Waals surface area (Å²) < 4.78 is 0. The number of likely N-dealkylation sites (tertiary alicyclic amines) is 1. The minimum absolute atomic E-state index is 0.0702. The Morgan fingerprint density at radius 2 is 1.81 bits per heavy atom. The summed E-state index contributed by atoms with van der Waals surface area (Å²) in [6.45, 7) is 0.978. The van der Waals surface area contributed by atoms with E-state index in [-0.39, 0.29) is 17.9 Å². The van der Waals surface area contributed by atoms with Crippen LogP contribution in [0.1, 0.15) is 33.2 Å². The monoisotopic (exact) mass is 537 g/mol. The third-order valence-electron chi connectivity index (χ3n) is 7.05. The van der Waals surface area contributed by atoms with Crippen LogP contribution in [-0.2, 0) is 11.3 Å². The Balaban J connectivity index is 1.56. The van der Waals surface area contributed by atoms with Crippen molar-refractivity contribution in [3.8, 4) is 6.07 Å². The van der Waals surface area contributed by atoms with Gasteiger partial charge in [0.05, 0.1) is 17.3 Å². The molecule has 0 aliphatic carbocycles. The van der Waals surface area contributed by atoms with Crippen molar-refractivity contribution in [3.05, 3.63) is 87.2 Å². The van der Waals surface area contributed by atoms with E-state index in [4.69, 9.17) is 23.2 Å². The van der Waals surface area contributed by atoms with Gasteiger partial charge in [-0.25, -0.2) is 14.5 Å². The number of carbonyl (C=O) groups excluding carboxylic acids is 2. The smallest absolute Gasteiger partial charge is 0.352 e. The highest BCUT2D eigenvalue weighted by Gasteiger charge is 2.64. The second-order valence-electron chi connectivity index (χ2n) is 9.19. The lowest BCUT2D eigenvalue weighted by molar-refractivity contribution is -0.124. The molecule has 3 heterocycles. The van der Waals surface area contributed by atoms with Crippen LogP contribution in [0, 0.1) is 11.3 Å². The summed E-state index contributed by atoms with van der Waals surface area (Å²) in [7, 11) is 1.60. The zero-order chi connectivity index (χ0) is 26.5. The number of carboxylic acid groups (broad SMARTS) is 1. The fourth-order valence-corrected chi connectivity index (χ4v) is 5.83. The van der Waals surface area contributed by atoms with Gasteiger partial charge in [-0.05, 0) is 48.0 Å². The quantitative estimate of drug-likeness (QED) is 0.467. The van der Waals surface area contributed by atoms with Crippen LogP contribution in [0.3, 0.4) is 0 Å². The van der Waals surface area contributed by atoms with Gasteiger partial charge in [0.1, 0.15) is 11.2 Å². The molecule has 11 heteroatoms. The number of hydrogen-bond donors (Lipinski definition) is 2. The maximum absolute atomic E-state index is 14.2. The summed E-state index contributed by atoms with van der Waals surface area (Å²) in [5.41, 5.74) is 1.06. The molecule has 0 saturated carbocycles. The molecule has 3 aromatic rings. The molecule has 0 radical (unpaired) electrons. The third kappa shape index (κ3) is 4.13. The molecule has 0 bridgehead atoms. The number of likely N-dealkylation sites (N-methyl/N-ethyl adjacent to an activating group) is 1. The zero-order valence-corrected chi connectivity index (χ0v) is 21.1. The van der Waals surface area contributed by atoms with Gasteiger partial charge in [-0.2, -0.15) is 5.26 Å². The Morgan fingerprint density at radius 1 is 1.14 bits per heavy atom. The fourth-order valence-electron chi connectivity index (χ4n) is 5.31. The number of aromatic carboxylic acids is 1. The van der Waals surface area contributed by atoms with Crippen molar-refractivity contribution in [1.82, 2.24) is 14.8 Å². The summed E-state index contributed by atoms with van der Waals surface area (Å²) in [6, 6.07) is 16.3. The molecule has 2 atom stereocenters. The lowest BCUT2D eigenvalue weighted by Gasteiger charge is -2.34. The number of halogens is 2. The standard InChI is InChI=1S/C26H21Cl2N5O4/c1-31-25(37)33(20-9-17(27)8-18(28)10-20)24(36)26(31)14-32(12-19-6-7-22(30-19)23(34)35)13-21(26)16-4-2-15(11-29)3-5-16/h2-10,21,30H,12-14H2,1H3,(H,34,35)/t21-,26+/m0/s1. The first-order chi connectivity index (χ1) is 17.6. The number of carbonyl (C=O) groups is 3. The van der Waals surface area contributed by atoms with Crippen LogP contribution in [0.25, 0.3) is 0 Å². The van der Waals surface area contributed by atoms with Crippen LogP contribution in [0.15, 0.2) is 54.6 Å². The number of aromatic nitrogens is 1. The van der Waals surface area contributed by atoms with Gasteiger partial charge in [0.2, 0.25) is 0 Å². The van der Waals surface area contributed by atoms with E-state index >= 15 is 0 Å². The number of nitriles is 1. The van der Waals surface area contributed by atoms with Crippen LogP contribution < -0.4 is 4.90 Å². The van der Waals surface area contributed by atoms with Gasteiger partial charge in [-0.3, -0.25) is 9.69 Å². The fraction of sp³-hybridized carbons (Fsp3) is 0.231. The number of nitrogens with zero attached hydrogens (tertiary/aromatic N) is 4. The molecule has 0 unspecified atom stereocenters. The number of hydrogen-bond acceptors (Lipinski definition) is 5. The zero-order valence-electron chi connectivity index (χ0n) is 19.6. The minimum Gasteiger partial charge on any atom is -0.477 e. The van der Waals surface area contributed by atoms with E-state index in [1.54, 1.807) is 37.4 Å². The normalized spacial score (nSPS) is 21.7. The molecule has 9 nitrogen and oxygen atoms in total. The van der Waals surface area contributed by atoms with Crippen molar-refractivity contribution in [2.75, 3.05) is 25.0 Å². The molecule has 37 heavy (non-hydrogen) atoms. The number of rotatable bonds is 5. The Kier molecular flexibility index (Phi) is 6.20. The Hall–Kier alpha value is -3.84. The molecule has 2 aliphatic heterocycles. The number of urea groups is 1. The number of amides is 3. The number of anilines is 1. The Labute approximate surface area is 222 Å². The van der Waals surface area contributed by atoms with E-state index in [0.717, 1.165) is 10.5 Å². The predicted molar refractivity (Wildman–Crippen MR) is 137 cm³/mol. The minimum atomic E-state index is -1.25. The number of aromatic amines is 1. The summed E-state index contributed by atoms with van der Waals surface area (Å²) in [5, 5.41) is 19.1. The van der Waals surface area contributed by atoms with E-state index in [1.165, 1.54) is 29.2 Å². The average molecular weight is 538 g/mol. The van der Waals surface area contributed by atoms with Gasteiger partial charge in [0, 0.05) is 48.3 Å². The molecule has 1 aromatic heterocycles. The SMILES string of the molecule is CN1C(=O)N(c2cc(Cl)cc(Cl)c2)C(=O)[C@]12CN(Cc1ccc(C(=O)O)[nH]1)C[C@H]2c1ccc(C#N)cc1. The largest absolute Gasteiger partial charge is 0.477 e. The van der Waals surface area contributed by atoms with Gasteiger partial charge in [-0.1, -0.05) is 35.3 Å². The predicted octanol–water partition coefficient (Wildman–Crippen LogP) is 4.33. The van der Waals surface area contributed by atoms with E-state index in [2.05, 4.69) is 11.1 Å². The van der Waals surface area contributed by atoms with Crippen LogP contribution in [0.4, 0.5) is 10.5 Å². The number of nitrogens with one attached hydrogen (secondary N) is 1. The molecule has 188 valence electrons. The average Bonchev–Trinajstić information content (AvgIpc) is 3.53. The third-order valence-corrected chi connectivity index (χ3v) is 7.49. The lowest BCUT2D eigenvalue weighted by atomic mass is 9.80. The lowest BCUT2D eigenvalue weighted by Crippen LogP contribution is -2.53. The summed E-state index contributed by atoms with van der Waals surface area (Å²) >= 11 is 12.4. The first kappa shape index (κ1) is 24.8. The molecule has 2 aromatic carbocycles. The Bertz CT molecular complexity index is 1440. The van der Waals surface area contributed by atoms with Crippen LogP contribution >= 0.6 is 23.2 Å². The van der Waals surface area contributed by atoms with Gasteiger partial charge in [0.25, 0.3) is 5.91 Å². The summed E-state index contributed by atoms with van der Waals surface area (Å²) in [5.74, 6) is -1.89. The molecule has 1 spiro atoms. The van der Waals surface area contributed by atoms with Crippen LogP contribution in [-0.4, -0.2) is 63.5 Å². The highest BCUT2D eigenvalue weighted by Crippen LogP contribution is 2.47. The van der Waals surface area contributed by atoms with Crippen molar-refractivity contribution >= 4 is 46.8 Å². The van der Waals surface area contributed by atoms with Gasteiger partial charge < -0.3 is 15.0 Å². The number of benzene rings is 2. The number of H-pyrrole nitrogens is 1.